The van der Waals surface area contributed by atoms with Crippen LogP contribution >= 0.6 is 15.9 Å². The molecule has 0 aliphatic heterocycles. The minimum atomic E-state index is 0.621. The summed E-state index contributed by atoms with van der Waals surface area (Å²) < 4.78 is 1.03. The fourth-order valence-corrected chi connectivity index (χ4v) is 2.40. The molecule has 22 heavy (non-hydrogen) atoms. The lowest BCUT2D eigenvalue weighted by Crippen LogP contribution is -2.14. The van der Waals surface area contributed by atoms with Crippen molar-refractivity contribution < 1.29 is 0 Å². The predicted octanol–water partition coefficient (Wildman–Crippen LogP) is 4.03. The molecule has 0 unspecified atom stereocenters. The quantitative estimate of drug-likeness (QED) is 0.711. The van der Waals surface area contributed by atoms with Gasteiger partial charge in [-0.2, -0.15) is 0 Å². The van der Waals surface area contributed by atoms with Gasteiger partial charge in [0.2, 0.25) is 0 Å². The number of hydrogen-bond acceptors (Lipinski definition) is 4. The third-order valence-corrected chi connectivity index (χ3v) is 3.77. The summed E-state index contributed by atoms with van der Waals surface area (Å²) >= 11 is 3.43. The Kier molecular flexibility index (Phi) is 4.15. The molecule has 0 N–H and O–H groups in total. The summed E-state index contributed by atoms with van der Waals surface area (Å²) in [5.74, 6) is 1.43. The number of rotatable bonds is 3. The molecular weight excluding hydrogens is 340 g/mol. The Balaban J connectivity index is 2.10. The van der Waals surface area contributed by atoms with Gasteiger partial charge in [0, 0.05) is 29.7 Å². The van der Waals surface area contributed by atoms with E-state index in [2.05, 4.69) is 31.1 Å². The van der Waals surface area contributed by atoms with Crippen LogP contribution in [0.3, 0.4) is 0 Å². The minimum Gasteiger partial charge on any atom is -0.361 e. The molecule has 0 saturated heterocycles. The first-order valence-corrected chi connectivity index (χ1v) is 7.68. The van der Waals surface area contributed by atoms with E-state index < -0.39 is 0 Å². The topological polar surface area (TPSA) is 41.9 Å². The van der Waals surface area contributed by atoms with Crippen LogP contribution in [0.2, 0.25) is 0 Å². The first-order chi connectivity index (χ1) is 10.6. The normalized spacial score (nSPS) is 10.5. The van der Waals surface area contributed by atoms with Gasteiger partial charge in [0.15, 0.2) is 11.6 Å². The van der Waals surface area contributed by atoms with Crippen molar-refractivity contribution in [1.29, 1.82) is 0 Å². The molecule has 0 atom stereocenters. The number of anilines is 1. The van der Waals surface area contributed by atoms with Crippen LogP contribution in [0.15, 0.2) is 59.1 Å². The second-order valence-electron chi connectivity index (χ2n) is 5.07. The van der Waals surface area contributed by atoms with Gasteiger partial charge >= 0.3 is 0 Å². The van der Waals surface area contributed by atoms with Crippen molar-refractivity contribution in [3.63, 3.8) is 0 Å². The highest BCUT2D eigenvalue weighted by Crippen LogP contribution is 2.27. The lowest BCUT2D eigenvalue weighted by atomic mass is 10.1. The Morgan fingerprint density at radius 3 is 2.14 bits per heavy atom. The fourth-order valence-electron chi connectivity index (χ4n) is 2.13. The third-order valence-electron chi connectivity index (χ3n) is 3.24. The van der Waals surface area contributed by atoms with E-state index in [-0.39, 0.29) is 0 Å². The first kappa shape index (κ1) is 14.7. The largest absolute Gasteiger partial charge is 0.361 e. The highest BCUT2D eigenvalue weighted by molar-refractivity contribution is 9.10. The third kappa shape index (κ3) is 2.99. The number of hydrogen-bond donors (Lipinski definition) is 0. The summed E-state index contributed by atoms with van der Waals surface area (Å²) in [5, 5.41) is 8.70. The van der Waals surface area contributed by atoms with E-state index in [1.54, 1.807) is 0 Å². The zero-order chi connectivity index (χ0) is 15.5. The number of aromatic nitrogens is 3. The zero-order valence-corrected chi connectivity index (χ0v) is 13.9. The highest BCUT2D eigenvalue weighted by Gasteiger charge is 2.13. The molecule has 110 valence electrons. The van der Waals surface area contributed by atoms with Gasteiger partial charge in [0.1, 0.15) is 5.69 Å². The zero-order valence-electron chi connectivity index (χ0n) is 12.4. The molecule has 5 heteroatoms. The summed E-state index contributed by atoms with van der Waals surface area (Å²) in [6.07, 6.45) is 0. The minimum absolute atomic E-state index is 0.621. The molecule has 2 aromatic carbocycles. The summed E-state index contributed by atoms with van der Waals surface area (Å²) in [6, 6.07) is 17.9. The maximum atomic E-state index is 4.69. The average Bonchev–Trinajstić information content (AvgIpc) is 2.56. The molecule has 1 heterocycles. The lowest BCUT2D eigenvalue weighted by molar-refractivity contribution is 0.951. The van der Waals surface area contributed by atoms with Crippen LogP contribution in [-0.2, 0) is 0 Å². The van der Waals surface area contributed by atoms with Crippen LogP contribution in [-0.4, -0.2) is 29.3 Å². The van der Waals surface area contributed by atoms with Gasteiger partial charge in [-0.15, -0.1) is 10.2 Å². The Morgan fingerprint density at radius 2 is 1.50 bits per heavy atom. The molecule has 0 radical (unpaired) electrons. The Labute approximate surface area is 138 Å². The molecule has 3 aromatic rings. The van der Waals surface area contributed by atoms with E-state index in [9.17, 15) is 0 Å². The molecule has 0 bridgehead atoms. The van der Waals surface area contributed by atoms with Crippen molar-refractivity contribution in [3.05, 3.63) is 59.1 Å². The molecule has 4 nitrogen and oxygen atoms in total. The van der Waals surface area contributed by atoms with Crippen molar-refractivity contribution in [1.82, 2.24) is 15.2 Å². The molecule has 0 amide bonds. The molecule has 1 aromatic heterocycles. The van der Waals surface area contributed by atoms with Crippen LogP contribution in [0, 0.1) is 0 Å². The number of halogens is 1. The summed E-state index contributed by atoms with van der Waals surface area (Å²) in [5.41, 5.74) is 2.73. The van der Waals surface area contributed by atoms with Crippen molar-refractivity contribution in [2.75, 3.05) is 19.0 Å². The standard InChI is InChI=1S/C17H15BrN4/c1-22(2)17-15(12-6-4-3-5-7-12)20-21-16(19-17)13-8-10-14(18)11-9-13/h3-11H,1-2H3. The summed E-state index contributed by atoms with van der Waals surface area (Å²) in [4.78, 5) is 6.64. The van der Waals surface area contributed by atoms with Gasteiger partial charge in [0.25, 0.3) is 0 Å². The van der Waals surface area contributed by atoms with Gasteiger partial charge < -0.3 is 4.90 Å². The van der Waals surface area contributed by atoms with Crippen LogP contribution in [0.25, 0.3) is 22.6 Å². The highest BCUT2D eigenvalue weighted by atomic mass is 79.9. The van der Waals surface area contributed by atoms with Crippen LogP contribution < -0.4 is 4.90 Å². The lowest BCUT2D eigenvalue weighted by Gasteiger charge is -2.15. The Hall–Kier alpha value is -2.27. The van der Waals surface area contributed by atoms with Gasteiger partial charge in [-0.25, -0.2) is 4.98 Å². The molecule has 0 saturated carbocycles. The van der Waals surface area contributed by atoms with Gasteiger partial charge in [-0.1, -0.05) is 58.4 Å². The van der Waals surface area contributed by atoms with E-state index in [4.69, 9.17) is 0 Å². The number of nitrogens with zero attached hydrogens (tertiary/aromatic N) is 4. The second kappa shape index (κ2) is 6.23. The fraction of sp³-hybridized carbons (Fsp3) is 0.118. The van der Waals surface area contributed by atoms with Gasteiger partial charge in [0.05, 0.1) is 0 Å². The van der Waals surface area contributed by atoms with Gasteiger partial charge in [-0.05, 0) is 12.1 Å². The SMILES string of the molecule is CN(C)c1nc(-c2ccc(Br)cc2)nnc1-c1ccccc1. The molecule has 3 rings (SSSR count). The second-order valence-corrected chi connectivity index (χ2v) is 5.99. The Morgan fingerprint density at radius 1 is 0.818 bits per heavy atom. The summed E-state index contributed by atoms with van der Waals surface area (Å²) in [6.45, 7) is 0. The van der Waals surface area contributed by atoms with Gasteiger partial charge in [-0.3, -0.25) is 0 Å². The molecule has 0 aliphatic carbocycles. The molecular formula is C17H15BrN4. The molecule has 0 fully saturated rings. The summed E-state index contributed by atoms with van der Waals surface area (Å²) in [7, 11) is 3.92. The number of benzene rings is 2. The van der Waals surface area contributed by atoms with Crippen molar-refractivity contribution in [2.45, 2.75) is 0 Å². The smallest absolute Gasteiger partial charge is 0.183 e. The predicted molar refractivity (Wildman–Crippen MR) is 92.7 cm³/mol. The molecule has 0 aliphatic rings. The van der Waals surface area contributed by atoms with Crippen LogP contribution in [0.4, 0.5) is 5.82 Å². The Bertz CT molecular complexity index is 770. The van der Waals surface area contributed by atoms with E-state index >= 15 is 0 Å². The first-order valence-electron chi connectivity index (χ1n) is 6.88. The van der Waals surface area contributed by atoms with Crippen LogP contribution in [0.1, 0.15) is 0 Å². The van der Waals surface area contributed by atoms with Crippen molar-refractivity contribution in [2.24, 2.45) is 0 Å². The average molecular weight is 355 g/mol. The molecule has 0 spiro atoms. The maximum Gasteiger partial charge on any atom is 0.183 e. The van der Waals surface area contributed by atoms with E-state index in [0.717, 1.165) is 27.1 Å². The van der Waals surface area contributed by atoms with E-state index in [1.807, 2.05) is 73.6 Å². The monoisotopic (exact) mass is 354 g/mol. The van der Waals surface area contributed by atoms with E-state index in [1.165, 1.54) is 0 Å². The van der Waals surface area contributed by atoms with Crippen LogP contribution in [0.5, 0.6) is 0 Å². The maximum absolute atomic E-state index is 4.69. The van der Waals surface area contributed by atoms with Crippen molar-refractivity contribution in [3.8, 4) is 22.6 Å². The van der Waals surface area contributed by atoms with Crippen molar-refractivity contribution >= 4 is 21.7 Å². The van der Waals surface area contributed by atoms with E-state index in [0.29, 0.717) is 5.82 Å².